The number of benzene rings is 2. The van der Waals surface area contributed by atoms with Crippen LogP contribution in [0.2, 0.25) is 10.0 Å². The Morgan fingerprint density at radius 3 is 2.29 bits per heavy atom. The minimum absolute atomic E-state index is 0.273. The maximum Gasteiger partial charge on any atom is 0.255 e. The SMILES string of the molecule is O=C(Nc1cc2c(cc1Cl)OCCO2)c1ccc(Cl)cc1. The van der Waals surface area contributed by atoms with Crippen LogP contribution in [0.4, 0.5) is 5.69 Å². The van der Waals surface area contributed by atoms with Crippen molar-refractivity contribution in [3.8, 4) is 11.5 Å². The number of nitrogens with one attached hydrogen (secondary N) is 1. The molecule has 0 atom stereocenters. The predicted octanol–water partition coefficient (Wildman–Crippen LogP) is 4.02. The fraction of sp³-hybridized carbons (Fsp3) is 0.133. The number of hydrogen-bond acceptors (Lipinski definition) is 3. The molecule has 0 aromatic heterocycles. The van der Waals surface area contributed by atoms with Gasteiger partial charge in [0.25, 0.3) is 5.91 Å². The summed E-state index contributed by atoms with van der Waals surface area (Å²) in [4.78, 5) is 12.2. The van der Waals surface area contributed by atoms with E-state index in [9.17, 15) is 4.79 Å². The highest BCUT2D eigenvalue weighted by Crippen LogP contribution is 2.38. The van der Waals surface area contributed by atoms with E-state index < -0.39 is 0 Å². The van der Waals surface area contributed by atoms with Gasteiger partial charge in [0.2, 0.25) is 0 Å². The average molecular weight is 324 g/mol. The van der Waals surface area contributed by atoms with Crippen LogP contribution in [0, 0.1) is 0 Å². The molecule has 0 radical (unpaired) electrons. The van der Waals surface area contributed by atoms with E-state index in [4.69, 9.17) is 32.7 Å². The number of carbonyl (C=O) groups is 1. The molecule has 6 heteroatoms. The molecule has 2 aromatic carbocycles. The summed E-state index contributed by atoms with van der Waals surface area (Å²) >= 11 is 11.9. The lowest BCUT2D eigenvalue weighted by atomic mass is 10.2. The monoisotopic (exact) mass is 323 g/mol. The van der Waals surface area contributed by atoms with Gasteiger partial charge in [0.15, 0.2) is 11.5 Å². The first kappa shape index (κ1) is 14.0. The first-order valence-electron chi connectivity index (χ1n) is 6.29. The van der Waals surface area contributed by atoms with E-state index in [0.29, 0.717) is 46.0 Å². The molecule has 3 rings (SSSR count). The van der Waals surface area contributed by atoms with Gasteiger partial charge >= 0.3 is 0 Å². The smallest absolute Gasteiger partial charge is 0.255 e. The number of ether oxygens (including phenoxy) is 2. The summed E-state index contributed by atoms with van der Waals surface area (Å²) in [6, 6.07) is 9.88. The molecule has 21 heavy (non-hydrogen) atoms. The van der Waals surface area contributed by atoms with Crippen LogP contribution in [0.3, 0.4) is 0 Å². The topological polar surface area (TPSA) is 47.6 Å². The minimum Gasteiger partial charge on any atom is -0.486 e. The molecule has 2 aromatic rings. The van der Waals surface area contributed by atoms with Gasteiger partial charge in [-0.2, -0.15) is 0 Å². The lowest BCUT2D eigenvalue weighted by Crippen LogP contribution is -2.16. The number of halogens is 2. The average Bonchev–Trinajstić information content (AvgIpc) is 2.48. The van der Waals surface area contributed by atoms with Gasteiger partial charge in [-0.3, -0.25) is 4.79 Å². The van der Waals surface area contributed by atoms with Gasteiger partial charge in [-0.1, -0.05) is 23.2 Å². The first-order chi connectivity index (χ1) is 10.1. The van der Waals surface area contributed by atoms with Gasteiger partial charge in [-0.15, -0.1) is 0 Å². The van der Waals surface area contributed by atoms with E-state index in [0.717, 1.165) is 0 Å². The van der Waals surface area contributed by atoms with Crippen LogP contribution in [0.25, 0.3) is 0 Å². The first-order valence-corrected chi connectivity index (χ1v) is 7.05. The lowest BCUT2D eigenvalue weighted by Gasteiger charge is -2.20. The standard InChI is InChI=1S/C15H11Cl2NO3/c16-10-3-1-9(2-4-10)15(19)18-12-8-14-13(7-11(12)17)20-5-6-21-14/h1-4,7-8H,5-6H2,(H,18,19). The van der Waals surface area contributed by atoms with Crippen molar-refractivity contribution in [2.24, 2.45) is 0 Å². The summed E-state index contributed by atoms with van der Waals surface area (Å²) in [6.45, 7) is 0.957. The molecule has 4 nitrogen and oxygen atoms in total. The van der Waals surface area contributed by atoms with E-state index in [-0.39, 0.29) is 5.91 Å². The molecule has 1 aliphatic rings. The number of hydrogen-bond donors (Lipinski definition) is 1. The second kappa shape index (κ2) is 5.84. The van der Waals surface area contributed by atoms with Crippen LogP contribution in [-0.4, -0.2) is 19.1 Å². The van der Waals surface area contributed by atoms with E-state index in [1.165, 1.54) is 0 Å². The van der Waals surface area contributed by atoms with E-state index >= 15 is 0 Å². The molecule has 1 N–H and O–H groups in total. The van der Waals surface area contributed by atoms with Crippen molar-refractivity contribution in [2.45, 2.75) is 0 Å². The molecule has 0 saturated heterocycles. The van der Waals surface area contributed by atoms with Crippen molar-refractivity contribution in [2.75, 3.05) is 18.5 Å². The minimum atomic E-state index is -0.273. The van der Waals surface area contributed by atoms with Crippen LogP contribution in [0.1, 0.15) is 10.4 Å². The Balaban J connectivity index is 1.84. The maximum atomic E-state index is 12.2. The van der Waals surface area contributed by atoms with Crippen molar-refractivity contribution in [3.63, 3.8) is 0 Å². The number of fused-ring (bicyclic) bond motifs is 1. The highest BCUT2D eigenvalue weighted by atomic mass is 35.5. The van der Waals surface area contributed by atoms with Crippen molar-refractivity contribution in [1.82, 2.24) is 0 Å². The van der Waals surface area contributed by atoms with Gasteiger partial charge in [0.05, 0.1) is 10.7 Å². The van der Waals surface area contributed by atoms with Gasteiger partial charge in [0, 0.05) is 22.7 Å². The highest BCUT2D eigenvalue weighted by molar-refractivity contribution is 6.34. The molecule has 0 spiro atoms. The third-order valence-electron chi connectivity index (χ3n) is 2.99. The molecule has 1 aliphatic heterocycles. The zero-order valence-corrected chi connectivity index (χ0v) is 12.4. The van der Waals surface area contributed by atoms with Crippen LogP contribution >= 0.6 is 23.2 Å². The summed E-state index contributed by atoms with van der Waals surface area (Å²) in [7, 11) is 0. The normalized spacial score (nSPS) is 12.9. The molecular weight excluding hydrogens is 313 g/mol. The van der Waals surface area contributed by atoms with Crippen molar-refractivity contribution in [1.29, 1.82) is 0 Å². The number of carbonyl (C=O) groups excluding carboxylic acids is 1. The van der Waals surface area contributed by atoms with E-state index in [2.05, 4.69) is 5.32 Å². The number of rotatable bonds is 2. The molecule has 1 heterocycles. The van der Waals surface area contributed by atoms with Crippen LogP contribution in [0.15, 0.2) is 36.4 Å². The largest absolute Gasteiger partial charge is 0.486 e. The fourth-order valence-corrected chi connectivity index (χ4v) is 2.28. The Kier molecular flexibility index (Phi) is 3.90. The Bertz CT molecular complexity index is 686. The highest BCUT2D eigenvalue weighted by Gasteiger charge is 2.16. The van der Waals surface area contributed by atoms with Crippen molar-refractivity contribution in [3.05, 3.63) is 52.0 Å². The summed E-state index contributed by atoms with van der Waals surface area (Å²) in [6.07, 6.45) is 0. The van der Waals surface area contributed by atoms with E-state index in [1.54, 1.807) is 36.4 Å². The van der Waals surface area contributed by atoms with Crippen LogP contribution < -0.4 is 14.8 Å². The zero-order chi connectivity index (χ0) is 14.8. The molecule has 108 valence electrons. The fourth-order valence-electron chi connectivity index (χ4n) is 1.96. The van der Waals surface area contributed by atoms with E-state index in [1.807, 2.05) is 0 Å². The van der Waals surface area contributed by atoms with Crippen LogP contribution in [-0.2, 0) is 0 Å². The van der Waals surface area contributed by atoms with Crippen molar-refractivity contribution >= 4 is 34.8 Å². The van der Waals surface area contributed by atoms with Crippen LogP contribution in [0.5, 0.6) is 11.5 Å². The zero-order valence-electron chi connectivity index (χ0n) is 10.9. The Morgan fingerprint density at radius 1 is 1.00 bits per heavy atom. The molecule has 0 unspecified atom stereocenters. The third kappa shape index (κ3) is 3.06. The summed E-state index contributed by atoms with van der Waals surface area (Å²) in [5, 5.41) is 3.71. The quantitative estimate of drug-likeness (QED) is 0.908. The Labute approximate surface area is 131 Å². The van der Waals surface area contributed by atoms with Crippen molar-refractivity contribution < 1.29 is 14.3 Å². The second-order valence-electron chi connectivity index (χ2n) is 4.44. The van der Waals surface area contributed by atoms with Gasteiger partial charge < -0.3 is 14.8 Å². The second-order valence-corrected chi connectivity index (χ2v) is 5.28. The lowest BCUT2D eigenvalue weighted by molar-refractivity contribution is 0.102. The Morgan fingerprint density at radius 2 is 1.62 bits per heavy atom. The molecule has 0 bridgehead atoms. The maximum absolute atomic E-state index is 12.2. The number of amides is 1. The summed E-state index contributed by atoms with van der Waals surface area (Å²) < 4.78 is 10.9. The third-order valence-corrected chi connectivity index (χ3v) is 3.55. The molecule has 0 saturated carbocycles. The molecule has 1 amide bonds. The van der Waals surface area contributed by atoms with Gasteiger partial charge in [-0.25, -0.2) is 0 Å². The Hall–Kier alpha value is -1.91. The summed E-state index contributed by atoms with van der Waals surface area (Å²) in [5.41, 5.74) is 0.964. The summed E-state index contributed by atoms with van der Waals surface area (Å²) in [5.74, 6) is 0.873. The molecule has 0 aliphatic carbocycles. The van der Waals surface area contributed by atoms with Gasteiger partial charge in [-0.05, 0) is 24.3 Å². The number of anilines is 1. The van der Waals surface area contributed by atoms with Gasteiger partial charge in [0.1, 0.15) is 13.2 Å². The predicted molar refractivity (Wildman–Crippen MR) is 81.8 cm³/mol. The molecule has 0 fully saturated rings. The molecular formula is C15H11Cl2NO3.